The van der Waals surface area contributed by atoms with Gasteiger partial charge in [0.25, 0.3) is 0 Å². The average Bonchev–Trinajstić information content (AvgIpc) is 2.51. The Bertz CT molecular complexity index is 525. The highest BCUT2D eigenvalue weighted by Gasteiger charge is 2.57. The van der Waals surface area contributed by atoms with Gasteiger partial charge in [-0.1, -0.05) is 18.2 Å². The zero-order valence-electron chi connectivity index (χ0n) is 11.8. The predicted octanol–water partition coefficient (Wildman–Crippen LogP) is 0.325. The van der Waals surface area contributed by atoms with E-state index in [1.165, 1.54) is 12.0 Å². The molecule has 7 nitrogen and oxygen atoms in total. The molecule has 0 saturated carbocycles. The molecule has 3 saturated heterocycles. The second-order valence-corrected chi connectivity index (χ2v) is 5.25. The van der Waals surface area contributed by atoms with E-state index in [2.05, 4.69) is 0 Å². The van der Waals surface area contributed by atoms with Crippen LogP contribution in [0, 0.1) is 0 Å². The molecule has 114 valence electrons. The number of fused-ring (bicyclic) bond motifs is 3. The molecule has 21 heavy (non-hydrogen) atoms. The number of hydrogen-bond acceptors (Lipinski definition) is 6. The van der Waals surface area contributed by atoms with Gasteiger partial charge in [0.05, 0.1) is 18.8 Å². The van der Waals surface area contributed by atoms with Crippen LogP contribution in [0.1, 0.15) is 6.92 Å². The molecular weight excluding hydrogens is 276 g/mol. The topological polar surface area (TPSA) is 82.5 Å². The maximum absolute atomic E-state index is 11.9. The van der Waals surface area contributed by atoms with E-state index in [-0.39, 0.29) is 6.04 Å². The van der Waals surface area contributed by atoms with Gasteiger partial charge in [-0.3, -0.25) is 4.90 Å². The van der Waals surface area contributed by atoms with Crippen LogP contribution in [0.5, 0.6) is 0 Å². The van der Waals surface area contributed by atoms with Gasteiger partial charge in [-0.15, -0.1) is 0 Å². The maximum atomic E-state index is 11.9. The van der Waals surface area contributed by atoms with Gasteiger partial charge in [0.2, 0.25) is 0 Å². The molecule has 1 aromatic carbocycles. The molecule has 2 N–H and O–H groups in total. The van der Waals surface area contributed by atoms with Gasteiger partial charge in [0.15, 0.2) is 6.23 Å². The Morgan fingerprint density at radius 1 is 1.24 bits per heavy atom. The molecule has 0 radical (unpaired) electrons. The van der Waals surface area contributed by atoms with Crippen molar-refractivity contribution in [2.45, 2.75) is 37.4 Å². The molecule has 3 aliphatic rings. The number of carbonyl (C=O) groups is 1. The van der Waals surface area contributed by atoms with Crippen molar-refractivity contribution in [3.05, 3.63) is 30.3 Å². The number of methoxy groups -OCH3 is 1. The lowest BCUT2D eigenvalue weighted by molar-refractivity contribution is -0.253. The monoisotopic (exact) mass is 294 g/mol. The number of para-hydroxylation sites is 1. The summed E-state index contributed by atoms with van der Waals surface area (Å²) in [7, 11) is 1.27. The van der Waals surface area contributed by atoms with Crippen molar-refractivity contribution in [2.75, 3.05) is 12.2 Å². The minimum Gasteiger partial charge on any atom is -0.453 e. The first-order valence-electron chi connectivity index (χ1n) is 6.79. The van der Waals surface area contributed by atoms with Crippen molar-refractivity contribution >= 4 is 11.8 Å². The van der Waals surface area contributed by atoms with E-state index in [4.69, 9.17) is 9.57 Å². The van der Waals surface area contributed by atoms with Gasteiger partial charge in [-0.2, -0.15) is 0 Å². The molecule has 5 atom stereocenters. The number of nitrogens with zero attached hydrogens (tertiary/aromatic N) is 2. The highest BCUT2D eigenvalue weighted by Crippen LogP contribution is 2.38. The lowest BCUT2D eigenvalue weighted by Crippen LogP contribution is -2.77. The van der Waals surface area contributed by atoms with E-state index in [1.807, 2.05) is 30.3 Å². The Hall–Kier alpha value is -1.83. The molecule has 0 spiro atoms. The fraction of sp³-hybridized carbons (Fsp3) is 0.500. The summed E-state index contributed by atoms with van der Waals surface area (Å²) in [5.74, 6) is 0. The standard InChI is InChI=1S/C14H18N2O5/c1-8-10-11(17)12(18)13(15(8)14(19)20-2)21-16(10)9-6-4-3-5-7-9/h3-8,10-13,17-18H,1-2H3/t8-,10-,11-,12-,13-/m1/s1. The SMILES string of the molecule is COC(=O)N1[C@H](C)[C@@H]2[C@@H](O)[C@@H](O)[C@H]1ON2c1ccccc1. The van der Waals surface area contributed by atoms with Gasteiger partial charge in [0, 0.05) is 0 Å². The molecule has 7 heteroatoms. The van der Waals surface area contributed by atoms with Crippen LogP contribution in [-0.2, 0) is 9.57 Å². The maximum Gasteiger partial charge on any atom is 0.412 e. The Morgan fingerprint density at radius 3 is 2.52 bits per heavy atom. The third-order valence-corrected chi connectivity index (χ3v) is 4.09. The van der Waals surface area contributed by atoms with Crippen LogP contribution in [-0.4, -0.2) is 58.8 Å². The molecule has 1 amide bonds. The highest BCUT2D eigenvalue weighted by molar-refractivity contribution is 5.69. The number of carbonyl (C=O) groups excluding carboxylic acids is 1. The summed E-state index contributed by atoms with van der Waals surface area (Å²) in [5.41, 5.74) is 0.759. The zero-order chi connectivity index (χ0) is 15.1. The summed E-state index contributed by atoms with van der Waals surface area (Å²) >= 11 is 0. The lowest BCUT2D eigenvalue weighted by Gasteiger charge is -2.57. The Labute approximate surface area is 122 Å². The summed E-state index contributed by atoms with van der Waals surface area (Å²) in [6.07, 6.45) is -3.76. The number of benzene rings is 1. The molecular formula is C14H18N2O5. The summed E-state index contributed by atoms with van der Waals surface area (Å²) in [5, 5.41) is 22.0. The van der Waals surface area contributed by atoms with Crippen LogP contribution in [0.2, 0.25) is 0 Å². The normalized spacial score (nSPS) is 35.0. The number of hydroxylamine groups is 1. The predicted molar refractivity (Wildman–Crippen MR) is 73.3 cm³/mol. The van der Waals surface area contributed by atoms with Gasteiger partial charge >= 0.3 is 6.09 Å². The first kappa shape index (κ1) is 14.1. The van der Waals surface area contributed by atoms with Gasteiger partial charge in [-0.25, -0.2) is 14.7 Å². The smallest absolute Gasteiger partial charge is 0.412 e. The number of anilines is 1. The number of rotatable bonds is 1. The van der Waals surface area contributed by atoms with Gasteiger partial charge in [0.1, 0.15) is 18.2 Å². The summed E-state index contributed by atoms with van der Waals surface area (Å²) in [4.78, 5) is 18.9. The number of ether oxygens (including phenoxy) is 1. The molecule has 3 fully saturated rings. The van der Waals surface area contributed by atoms with Crippen LogP contribution >= 0.6 is 0 Å². The fourth-order valence-electron chi connectivity index (χ4n) is 3.03. The minimum absolute atomic E-state index is 0.366. The van der Waals surface area contributed by atoms with Gasteiger partial charge < -0.3 is 14.9 Å². The second kappa shape index (κ2) is 5.18. The van der Waals surface area contributed by atoms with E-state index < -0.39 is 30.6 Å². The van der Waals surface area contributed by atoms with E-state index in [0.29, 0.717) is 0 Å². The van der Waals surface area contributed by atoms with E-state index in [0.717, 1.165) is 5.69 Å². The molecule has 0 unspecified atom stereocenters. The molecule has 3 heterocycles. The van der Waals surface area contributed by atoms with E-state index in [9.17, 15) is 15.0 Å². The summed E-state index contributed by atoms with van der Waals surface area (Å²) in [6.45, 7) is 1.79. The first-order valence-corrected chi connectivity index (χ1v) is 6.79. The van der Waals surface area contributed by atoms with Crippen molar-refractivity contribution < 1.29 is 24.6 Å². The summed E-state index contributed by atoms with van der Waals surface area (Å²) in [6, 6.07) is 8.32. The molecule has 1 aromatic rings. The van der Waals surface area contributed by atoms with Crippen LogP contribution in [0.4, 0.5) is 10.5 Å². The zero-order valence-corrected chi connectivity index (χ0v) is 11.8. The number of piperidine rings is 1. The van der Waals surface area contributed by atoms with Gasteiger partial charge in [-0.05, 0) is 19.1 Å². The first-order chi connectivity index (χ1) is 10.1. The molecule has 0 aromatic heterocycles. The molecule has 0 aliphatic carbocycles. The van der Waals surface area contributed by atoms with Crippen LogP contribution in [0.25, 0.3) is 0 Å². The van der Waals surface area contributed by atoms with Crippen molar-refractivity contribution in [1.82, 2.24) is 4.90 Å². The number of amides is 1. The largest absolute Gasteiger partial charge is 0.453 e. The Morgan fingerprint density at radius 2 is 1.90 bits per heavy atom. The second-order valence-electron chi connectivity index (χ2n) is 5.25. The van der Waals surface area contributed by atoms with Crippen molar-refractivity contribution in [3.8, 4) is 0 Å². The fourth-order valence-corrected chi connectivity index (χ4v) is 3.03. The lowest BCUT2D eigenvalue weighted by atomic mass is 9.89. The minimum atomic E-state index is -1.18. The third kappa shape index (κ3) is 2.05. The van der Waals surface area contributed by atoms with Crippen LogP contribution < -0.4 is 5.06 Å². The number of aliphatic hydroxyl groups is 2. The highest BCUT2D eigenvalue weighted by atomic mass is 16.7. The van der Waals surface area contributed by atoms with E-state index >= 15 is 0 Å². The third-order valence-electron chi connectivity index (χ3n) is 4.09. The average molecular weight is 294 g/mol. The Kier molecular flexibility index (Phi) is 3.48. The molecule has 4 rings (SSSR count). The van der Waals surface area contributed by atoms with Crippen LogP contribution in [0.3, 0.4) is 0 Å². The van der Waals surface area contributed by atoms with Crippen molar-refractivity contribution in [1.29, 1.82) is 0 Å². The van der Waals surface area contributed by atoms with Crippen LogP contribution in [0.15, 0.2) is 30.3 Å². The quantitative estimate of drug-likeness (QED) is 0.776. The number of aliphatic hydroxyl groups excluding tert-OH is 2. The van der Waals surface area contributed by atoms with Crippen molar-refractivity contribution in [3.63, 3.8) is 0 Å². The Balaban J connectivity index is 1.96. The van der Waals surface area contributed by atoms with E-state index in [1.54, 1.807) is 12.0 Å². The molecule has 3 aliphatic heterocycles. The molecule has 2 bridgehead atoms. The van der Waals surface area contributed by atoms with Crippen molar-refractivity contribution in [2.24, 2.45) is 0 Å². The summed E-state index contributed by atoms with van der Waals surface area (Å²) < 4.78 is 4.73. The number of hydrogen-bond donors (Lipinski definition) is 2.